The summed E-state index contributed by atoms with van der Waals surface area (Å²) in [6, 6.07) is 0.898. The largest absolute Gasteiger partial charge is 0.314 e. The van der Waals surface area contributed by atoms with Crippen molar-refractivity contribution in [3.05, 3.63) is 0 Å². The molecule has 0 bridgehead atoms. The molecule has 12 heavy (non-hydrogen) atoms. The lowest BCUT2D eigenvalue weighted by atomic mass is 10.1. The van der Waals surface area contributed by atoms with Crippen molar-refractivity contribution in [3.8, 4) is 0 Å². The summed E-state index contributed by atoms with van der Waals surface area (Å²) in [5.74, 6) is 0.890. The number of rotatable bonds is 7. The Morgan fingerprint density at radius 1 is 1.17 bits per heavy atom. The molecule has 0 saturated heterocycles. The van der Waals surface area contributed by atoms with Crippen LogP contribution in [0.3, 0.4) is 0 Å². The van der Waals surface area contributed by atoms with Crippen molar-refractivity contribution in [2.45, 2.75) is 58.4 Å². The number of nitrogens with one attached hydrogen (secondary N) is 1. The van der Waals surface area contributed by atoms with E-state index in [1.807, 2.05) is 0 Å². The molecule has 72 valence electrons. The second-order valence-electron chi connectivity index (χ2n) is 4.47. The first kappa shape index (κ1) is 10.0. The summed E-state index contributed by atoms with van der Waals surface area (Å²) in [4.78, 5) is 0. The van der Waals surface area contributed by atoms with Crippen molar-refractivity contribution in [2.24, 2.45) is 5.92 Å². The third-order valence-electron chi connectivity index (χ3n) is 2.47. The predicted molar refractivity (Wildman–Crippen MR) is 54.3 cm³/mol. The molecule has 1 aliphatic carbocycles. The van der Waals surface area contributed by atoms with E-state index in [4.69, 9.17) is 0 Å². The van der Waals surface area contributed by atoms with E-state index in [2.05, 4.69) is 19.2 Å². The first-order valence-corrected chi connectivity index (χ1v) is 5.52. The van der Waals surface area contributed by atoms with Gasteiger partial charge in [0.05, 0.1) is 0 Å². The Labute approximate surface area is 76.9 Å². The number of unbranched alkanes of at least 4 members (excludes halogenated alkanes) is 2. The molecule has 1 aliphatic rings. The molecule has 0 amide bonds. The van der Waals surface area contributed by atoms with E-state index in [1.54, 1.807) is 0 Å². The Bertz CT molecular complexity index is 99.6. The van der Waals surface area contributed by atoms with Crippen LogP contribution in [0.2, 0.25) is 0 Å². The minimum absolute atomic E-state index is 0.890. The Morgan fingerprint density at radius 3 is 2.50 bits per heavy atom. The highest BCUT2D eigenvalue weighted by molar-refractivity contribution is 4.80. The molecule has 0 aromatic carbocycles. The van der Waals surface area contributed by atoms with Crippen LogP contribution in [0.4, 0.5) is 0 Å². The molecule has 0 heterocycles. The zero-order valence-electron chi connectivity index (χ0n) is 8.60. The molecule has 0 radical (unpaired) electrons. The maximum absolute atomic E-state index is 3.54. The fraction of sp³-hybridized carbons (Fsp3) is 1.00. The van der Waals surface area contributed by atoms with Gasteiger partial charge in [0.15, 0.2) is 0 Å². The van der Waals surface area contributed by atoms with Crippen LogP contribution in [0, 0.1) is 5.92 Å². The van der Waals surface area contributed by atoms with E-state index in [-0.39, 0.29) is 0 Å². The summed E-state index contributed by atoms with van der Waals surface area (Å²) in [5.41, 5.74) is 0. The lowest BCUT2D eigenvalue weighted by Crippen LogP contribution is -2.17. The van der Waals surface area contributed by atoms with Crippen molar-refractivity contribution >= 4 is 0 Å². The normalized spacial score (nSPS) is 17.2. The molecule has 0 unspecified atom stereocenters. The first-order chi connectivity index (χ1) is 5.79. The van der Waals surface area contributed by atoms with E-state index in [1.165, 1.54) is 45.1 Å². The van der Waals surface area contributed by atoms with Gasteiger partial charge in [-0.1, -0.05) is 33.1 Å². The van der Waals surface area contributed by atoms with Crippen LogP contribution in [0.5, 0.6) is 0 Å². The van der Waals surface area contributed by atoms with E-state index in [9.17, 15) is 0 Å². The second kappa shape index (κ2) is 5.58. The standard InChI is InChI=1S/C11H23N/c1-10(2)6-4-3-5-9-12-11-7-8-11/h10-12H,3-9H2,1-2H3. The molecule has 1 saturated carbocycles. The molecule has 0 aromatic heterocycles. The van der Waals surface area contributed by atoms with Crippen LogP contribution in [-0.2, 0) is 0 Å². The van der Waals surface area contributed by atoms with Gasteiger partial charge in [-0.25, -0.2) is 0 Å². The molecule has 1 rings (SSSR count). The van der Waals surface area contributed by atoms with Crippen molar-refractivity contribution < 1.29 is 0 Å². The average molecular weight is 169 g/mol. The van der Waals surface area contributed by atoms with Gasteiger partial charge in [0.1, 0.15) is 0 Å². The van der Waals surface area contributed by atoms with Gasteiger partial charge in [-0.3, -0.25) is 0 Å². The molecule has 1 fully saturated rings. The SMILES string of the molecule is CC(C)CCCCCNC1CC1. The minimum atomic E-state index is 0.890. The summed E-state index contributed by atoms with van der Waals surface area (Å²) in [6.07, 6.45) is 8.46. The quantitative estimate of drug-likeness (QED) is 0.578. The van der Waals surface area contributed by atoms with Gasteiger partial charge in [-0.15, -0.1) is 0 Å². The second-order valence-corrected chi connectivity index (χ2v) is 4.47. The lowest BCUT2D eigenvalue weighted by molar-refractivity contribution is 0.515. The van der Waals surface area contributed by atoms with Gasteiger partial charge in [0.25, 0.3) is 0 Å². The molecule has 0 atom stereocenters. The first-order valence-electron chi connectivity index (χ1n) is 5.52. The maximum Gasteiger partial charge on any atom is 0.00682 e. The van der Waals surface area contributed by atoms with Crippen molar-refractivity contribution in [3.63, 3.8) is 0 Å². The highest BCUT2D eigenvalue weighted by atomic mass is 14.9. The summed E-state index contributed by atoms with van der Waals surface area (Å²) in [7, 11) is 0. The zero-order chi connectivity index (χ0) is 8.81. The molecular weight excluding hydrogens is 146 g/mol. The fourth-order valence-electron chi connectivity index (χ4n) is 1.45. The monoisotopic (exact) mass is 169 g/mol. The molecule has 0 aliphatic heterocycles. The molecule has 0 aromatic rings. The van der Waals surface area contributed by atoms with Crippen LogP contribution in [-0.4, -0.2) is 12.6 Å². The topological polar surface area (TPSA) is 12.0 Å². The van der Waals surface area contributed by atoms with E-state index in [0.29, 0.717) is 0 Å². The summed E-state index contributed by atoms with van der Waals surface area (Å²) in [6.45, 7) is 5.87. The third-order valence-corrected chi connectivity index (χ3v) is 2.47. The van der Waals surface area contributed by atoms with Crippen molar-refractivity contribution in [1.82, 2.24) is 5.32 Å². The van der Waals surface area contributed by atoms with Gasteiger partial charge in [0.2, 0.25) is 0 Å². The minimum Gasteiger partial charge on any atom is -0.314 e. The average Bonchev–Trinajstić information content (AvgIpc) is 2.79. The van der Waals surface area contributed by atoms with Crippen LogP contribution >= 0.6 is 0 Å². The van der Waals surface area contributed by atoms with E-state index >= 15 is 0 Å². The summed E-state index contributed by atoms with van der Waals surface area (Å²) >= 11 is 0. The number of hydrogen-bond acceptors (Lipinski definition) is 1. The highest BCUT2D eigenvalue weighted by Gasteiger charge is 2.19. The Morgan fingerprint density at radius 2 is 1.92 bits per heavy atom. The third kappa shape index (κ3) is 5.59. The summed E-state index contributed by atoms with van der Waals surface area (Å²) in [5, 5.41) is 3.54. The van der Waals surface area contributed by atoms with Gasteiger partial charge >= 0.3 is 0 Å². The van der Waals surface area contributed by atoms with E-state index in [0.717, 1.165) is 12.0 Å². The zero-order valence-corrected chi connectivity index (χ0v) is 8.60. The Hall–Kier alpha value is -0.0400. The Balaban J connectivity index is 1.70. The predicted octanol–water partition coefficient (Wildman–Crippen LogP) is 2.95. The van der Waals surface area contributed by atoms with Gasteiger partial charge in [0, 0.05) is 6.04 Å². The van der Waals surface area contributed by atoms with Crippen LogP contribution < -0.4 is 5.32 Å². The van der Waals surface area contributed by atoms with Crippen molar-refractivity contribution in [1.29, 1.82) is 0 Å². The Kier molecular flexibility index (Phi) is 4.67. The van der Waals surface area contributed by atoms with E-state index < -0.39 is 0 Å². The number of hydrogen-bond donors (Lipinski definition) is 1. The van der Waals surface area contributed by atoms with Gasteiger partial charge in [-0.2, -0.15) is 0 Å². The highest BCUT2D eigenvalue weighted by Crippen LogP contribution is 2.18. The van der Waals surface area contributed by atoms with Crippen molar-refractivity contribution in [2.75, 3.05) is 6.54 Å². The fourth-order valence-corrected chi connectivity index (χ4v) is 1.45. The maximum atomic E-state index is 3.54. The van der Waals surface area contributed by atoms with Crippen LogP contribution in [0.15, 0.2) is 0 Å². The summed E-state index contributed by atoms with van der Waals surface area (Å²) < 4.78 is 0. The molecule has 1 heteroatoms. The molecule has 1 N–H and O–H groups in total. The van der Waals surface area contributed by atoms with Crippen LogP contribution in [0.1, 0.15) is 52.4 Å². The smallest absolute Gasteiger partial charge is 0.00682 e. The van der Waals surface area contributed by atoms with Gasteiger partial charge in [-0.05, 0) is 31.7 Å². The molecular formula is C11H23N. The molecule has 0 spiro atoms. The lowest BCUT2D eigenvalue weighted by Gasteiger charge is -2.04. The van der Waals surface area contributed by atoms with Crippen LogP contribution in [0.25, 0.3) is 0 Å². The molecule has 1 nitrogen and oxygen atoms in total. The van der Waals surface area contributed by atoms with Gasteiger partial charge < -0.3 is 5.32 Å².